The first-order chi connectivity index (χ1) is 12.8. The Hall–Kier alpha value is -1.48. The molecule has 2 aromatic rings. The molecule has 8 nitrogen and oxygen atoms in total. The molecule has 4 rings (SSSR count). The highest BCUT2D eigenvalue weighted by Gasteiger charge is 2.25. The van der Waals surface area contributed by atoms with Crippen molar-refractivity contribution in [1.82, 2.24) is 25.4 Å². The molecule has 0 radical (unpaired) electrons. The number of hydrogen-bond donors (Lipinski definition) is 2. The van der Waals surface area contributed by atoms with Crippen molar-refractivity contribution in [3.8, 4) is 0 Å². The quantitative estimate of drug-likeness (QED) is 0.691. The summed E-state index contributed by atoms with van der Waals surface area (Å²) in [5, 5.41) is 10.9. The van der Waals surface area contributed by atoms with E-state index < -0.39 is 0 Å². The summed E-state index contributed by atoms with van der Waals surface area (Å²) in [6.45, 7) is 5.43. The second kappa shape index (κ2) is 10.9. The first kappa shape index (κ1) is 22.8. The van der Waals surface area contributed by atoms with Crippen LogP contribution in [-0.2, 0) is 30.7 Å². The van der Waals surface area contributed by atoms with Crippen LogP contribution in [0.1, 0.15) is 60.9 Å². The molecule has 1 aliphatic heterocycles. The molecule has 1 saturated carbocycles. The van der Waals surface area contributed by atoms with Crippen LogP contribution >= 0.6 is 24.8 Å². The van der Waals surface area contributed by atoms with Gasteiger partial charge >= 0.3 is 0 Å². The van der Waals surface area contributed by atoms with Crippen LogP contribution in [0.15, 0.2) is 4.52 Å². The van der Waals surface area contributed by atoms with Gasteiger partial charge < -0.3 is 19.9 Å². The Morgan fingerprint density at radius 3 is 2.68 bits per heavy atom. The highest BCUT2D eigenvalue weighted by atomic mass is 35.5. The van der Waals surface area contributed by atoms with Crippen molar-refractivity contribution in [2.45, 2.75) is 58.1 Å². The number of aromatic nitrogens is 4. The fourth-order valence-electron chi connectivity index (χ4n) is 3.32. The molecule has 1 aliphatic carbocycles. The maximum absolute atomic E-state index is 5.50. The van der Waals surface area contributed by atoms with Gasteiger partial charge in [0, 0.05) is 31.1 Å². The van der Waals surface area contributed by atoms with Crippen LogP contribution in [0.25, 0.3) is 0 Å². The number of rotatable bonds is 7. The lowest BCUT2D eigenvalue weighted by atomic mass is 9.85. The van der Waals surface area contributed by atoms with Crippen LogP contribution in [0.2, 0.25) is 0 Å². The summed E-state index contributed by atoms with van der Waals surface area (Å²) < 4.78 is 10.9. The van der Waals surface area contributed by atoms with Gasteiger partial charge in [0.15, 0.2) is 11.6 Å². The molecule has 0 atom stereocenters. The minimum atomic E-state index is 0. The number of ether oxygens (including phenoxy) is 1. The standard InChI is InChI=1S/C18H26N6O2.2ClH/c1-2-25-11-16-21-14-7-9-19-8-6-13(14)17(22-16)20-10-15-23-18(26-24-15)12-4-3-5-12;;/h12,19H,2-11H2,1H3,(H,20,21,22);2*1H. The van der Waals surface area contributed by atoms with E-state index in [9.17, 15) is 0 Å². The van der Waals surface area contributed by atoms with E-state index in [1.54, 1.807) is 0 Å². The highest BCUT2D eigenvalue weighted by Crippen LogP contribution is 2.35. The normalized spacial score (nSPS) is 16.2. The fraction of sp³-hybridized carbons (Fsp3) is 0.667. The lowest BCUT2D eigenvalue weighted by Gasteiger charge is -2.20. The molecule has 0 bridgehead atoms. The van der Waals surface area contributed by atoms with Gasteiger partial charge in [-0.3, -0.25) is 0 Å². The molecule has 3 heterocycles. The first-order valence-electron chi connectivity index (χ1n) is 9.57. The van der Waals surface area contributed by atoms with E-state index in [1.807, 2.05) is 6.92 Å². The smallest absolute Gasteiger partial charge is 0.229 e. The van der Waals surface area contributed by atoms with E-state index in [4.69, 9.17) is 14.2 Å². The molecule has 156 valence electrons. The molecule has 0 amide bonds. The minimum absolute atomic E-state index is 0. The van der Waals surface area contributed by atoms with Crippen molar-refractivity contribution in [3.63, 3.8) is 0 Å². The predicted octanol–water partition coefficient (Wildman–Crippen LogP) is 2.81. The summed E-state index contributed by atoms with van der Waals surface area (Å²) in [5.41, 5.74) is 2.28. The summed E-state index contributed by atoms with van der Waals surface area (Å²) in [5.74, 6) is 3.49. The molecule has 2 aliphatic rings. The third-order valence-electron chi connectivity index (χ3n) is 5.02. The molecule has 2 aromatic heterocycles. The van der Waals surface area contributed by atoms with Gasteiger partial charge in [-0.05, 0) is 32.7 Å². The van der Waals surface area contributed by atoms with Crippen molar-refractivity contribution in [3.05, 3.63) is 28.8 Å². The van der Waals surface area contributed by atoms with E-state index in [0.29, 0.717) is 31.5 Å². The molecule has 28 heavy (non-hydrogen) atoms. The van der Waals surface area contributed by atoms with Gasteiger partial charge in [-0.25, -0.2) is 9.97 Å². The molecule has 0 saturated heterocycles. The monoisotopic (exact) mass is 430 g/mol. The molecule has 2 N–H and O–H groups in total. The zero-order valence-corrected chi connectivity index (χ0v) is 17.7. The van der Waals surface area contributed by atoms with Crippen molar-refractivity contribution in [1.29, 1.82) is 0 Å². The summed E-state index contributed by atoms with van der Waals surface area (Å²) in [4.78, 5) is 13.9. The van der Waals surface area contributed by atoms with Crippen molar-refractivity contribution in [2.75, 3.05) is 25.0 Å². The van der Waals surface area contributed by atoms with E-state index in [2.05, 4.69) is 25.8 Å². The lowest BCUT2D eigenvalue weighted by Crippen LogP contribution is -2.16. The Bertz CT molecular complexity index is 754. The van der Waals surface area contributed by atoms with E-state index in [1.165, 1.54) is 12.0 Å². The van der Waals surface area contributed by atoms with Crippen LogP contribution in [0.4, 0.5) is 5.82 Å². The van der Waals surface area contributed by atoms with Gasteiger partial charge in [-0.15, -0.1) is 24.8 Å². The average molecular weight is 431 g/mol. The first-order valence-corrected chi connectivity index (χ1v) is 9.57. The third kappa shape index (κ3) is 5.31. The van der Waals surface area contributed by atoms with Crippen LogP contribution in [-0.4, -0.2) is 39.8 Å². The number of nitrogens with one attached hydrogen (secondary N) is 2. The Labute approximate surface area is 177 Å². The fourth-order valence-corrected chi connectivity index (χ4v) is 3.32. The molecular formula is C18H28Cl2N6O2. The second-order valence-electron chi connectivity index (χ2n) is 6.83. The summed E-state index contributed by atoms with van der Waals surface area (Å²) in [6, 6.07) is 0. The Balaban J connectivity index is 0.00000140. The molecule has 10 heteroatoms. The Morgan fingerprint density at radius 2 is 1.93 bits per heavy atom. The minimum Gasteiger partial charge on any atom is -0.374 e. The van der Waals surface area contributed by atoms with Gasteiger partial charge in [0.1, 0.15) is 12.4 Å². The van der Waals surface area contributed by atoms with Gasteiger partial charge in [-0.1, -0.05) is 11.6 Å². The zero-order valence-electron chi connectivity index (χ0n) is 16.1. The SMILES string of the molecule is CCOCc1nc2c(c(NCc3noc(C4CCC4)n3)n1)CCNCC2.Cl.Cl. The Kier molecular flexibility index (Phi) is 8.88. The Morgan fingerprint density at radius 1 is 1.11 bits per heavy atom. The predicted molar refractivity (Wildman–Crippen MR) is 110 cm³/mol. The topological polar surface area (TPSA) is 98.0 Å². The van der Waals surface area contributed by atoms with Gasteiger partial charge in [0.05, 0.1) is 12.2 Å². The van der Waals surface area contributed by atoms with E-state index in [0.717, 1.165) is 62.0 Å². The highest BCUT2D eigenvalue weighted by molar-refractivity contribution is 5.85. The molecule has 0 unspecified atom stereocenters. The van der Waals surface area contributed by atoms with Crippen molar-refractivity contribution < 1.29 is 9.26 Å². The van der Waals surface area contributed by atoms with Gasteiger partial charge in [0.2, 0.25) is 5.89 Å². The van der Waals surface area contributed by atoms with Crippen LogP contribution < -0.4 is 10.6 Å². The largest absolute Gasteiger partial charge is 0.374 e. The zero-order chi connectivity index (χ0) is 17.8. The maximum atomic E-state index is 5.50. The maximum Gasteiger partial charge on any atom is 0.229 e. The number of halogens is 2. The van der Waals surface area contributed by atoms with Gasteiger partial charge in [-0.2, -0.15) is 4.98 Å². The van der Waals surface area contributed by atoms with E-state index >= 15 is 0 Å². The number of anilines is 1. The lowest BCUT2D eigenvalue weighted by molar-refractivity contribution is 0.128. The number of hydrogen-bond acceptors (Lipinski definition) is 8. The summed E-state index contributed by atoms with van der Waals surface area (Å²) in [6.07, 6.45) is 5.38. The van der Waals surface area contributed by atoms with Crippen molar-refractivity contribution in [2.24, 2.45) is 0 Å². The van der Waals surface area contributed by atoms with Crippen molar-refractivity contribution >= 4 is 30.6 Å². The molecule has 1 fully saturated rings. The molecule has 0 aromatic carbocycles. The van der Waals surface area contributed by atoms with Crippen LogP contribution in [0.3, 0.4) is 0 Å². The second-order valence-corrected chi connectivity index (χ2v) is 6.83. The molecular weight excluding hydrogens is 403 g/mol. The number of fused-ring (bicyclic) bond motifs is 1. The summed E-state index contributed by atoms with van der Waals surface area (Å²) >= 11 is 0. The van der Waals surface area contributed by atoms with Crippen LogP contribution in [0.5, 0.6) is 0 Å². The summed E-state index contributed by atoms with van der Waals surface area (Å²) in [7, 11) is 0. The third-order valence-corrected chi connectivity index (χ3v) is 5.02. The number of nitrogens with zero attached hydrogens (tertiary/aromatic N) is 4. The molecule has 0 spiro atoms. The van der Waals surface area contributed by atoms with E-state index in [-0.39, 0.29) is 24.8 Å². The average Bonchev–Trinajstić information content (AvgIpc) is 2.92. The van der Waals surface area contributed by atoms with Crippen LogP contribution in [0, 0.1) is 0 Å². The van der Waals surface area contributed by atoms with Gasteiger partial charge in [0.25, 0.3) is 0 Å².